The number of rotatable bonds is 5. The molecule has 0 aromatic heterocycles. The van der Waals surface area contributed by atoms with E-state index in [2.05, 4.69) is 10.6 Å². The molecular formula is C13H19ClN2O3S. The van der Waals surface area contributed by atoms with Crippen LogP contribution < -0.4 is 10.6 Å². The smallest absolute Gasteiger partial charge is 0.252 e. The minimum absolute atomic E-state index is 0. The van der Waals surface area contributed by atoms with E-state index in [-0.39, 0.29) is 34.5 Å². The molecule has 0 spiro atoms. The fourth-order valence-corrected chi connectivity index (χ4v) is 3.00. The Bertz CT molecular complexity index is 571. The van der Waals surface area contributed by atoms with Crippen molar-refractivity contribution < 1.29 is 13.2 Å². The molecule has 2 rings (SSSR count). The van der Waals surface area contributed by atoms with Gasteiger partial charge in [0.1, 0.15) is 0 Å². The first-order valence-corrected chi connectivity index (χ1v) is 8.00. The molecule has 0 aliphatic carbocycles. The molecule has 1 amide bonds. The van der Waals surface area contributed by atoms with Crippen molar-refractivity contribution in [2.75, 3.05) is 25.4 Å². The van der Waals surface area contributed by atoms with Crippen molar-refractivity contribution in [3.63, 3.8) is 0 Å². The van der Waals surface area contributed by atoms with Crippen LogP contribution in [0.4, 0.5) is 0 Å². The fourth-order valence-electron chi connectivity index (χ4n) is 1.91. The minimum atomic E-state index is -3.38. The summed E-state index contributed by atoms with van der Waals surface area (Å²) >= 11 is 0. The Labute approximate surface area is 125 Å². The summed E-state index contributed by atoms with van der Waals surface area (Å²) in [7, 11) is -3.38. The molecule has 5 nitrogen and oxygen atoms in total. The molecule has 0 atom stereocenters. The van der Waals surface area contributed by atoms with Crippen molar-refractivity contribution >= 4 is 28.2 Å². The molecule has 1 heterocycles. The Morgan fingerprint density at radius 3 is 2.55 bits per heavy atom. The van der Waals surface area contributed by atoms with Gasteiger partial charge in [-0.1, -0.05) is 19.1 Å². The van der Waals surface area contributed by atoms with Crippen molar-refractivity contribution in [2.45, 2.75) is 11.8 Å². The molecule has 20 heavy (non-hydrogen) atoms. The summed E-state index contributed by atoms with van der Waals surface area (Å²) in [5.74, 6) is 0.113. The van der Waals surface area contributed by atoms with Crippen LogP contribution in [0.5, 0.6) is 0 Å². The molecule has 0 radical (unpaired) electrons. The fraction of sp³-hybridized carbons (Fsp3) is 0.462. The van der Waals surface area contributed by atoms with Crippen LogP contribution in [0.1, 0.15) is 17.3 Å². The largest absolute Gasteiger partial charge is 0.352 e. The predicted octanol–water partition coefficient (Wildman–Crippen LogP) is 0.851. The third-order valence-corrected chi connectivity index (χ3v) is 5.05. The monoisotopic (exact) mass is 318 g/mol. The summed E-state index contributed by atoms with van der Waals surface area (Å²) in [6, 6.07) is 6.35. The molecule has 1 aromatic carbocycles. The normalized spacial score (nSPS) is 15.1. The first-order valence-electron chi connectivity index (χ1n) is 6.35. The summed E-state index contributed by atoms with van der Waals surface area (Å²) in [6.45, 7) is 3.95. The SMILES string of the molecule is CCS(=O)(=O)c1ccccc1C(=O)NCC1CNC1.Cl. The first-order chi connectivity index (χ1) is 9.04. The van der Waals surface area contributed by atoms with Gasteiger partial charge in [0.15, 0.2) is 9.84 Å². The van der Waals surface area contributed by atoms with Gasteiger partial charge in [0.25, 0.3) is 5.91 Å². The molecule has 7 heteroatoms. The maximum Gasteiger partial charge on any atom is 0.252 e. The van der Waals surface area contributed by atoms with Crippen molar-refractivity contribution in [3.05, 3.63) is 29.8 Å². The van der Waals surface area contributed by atoms with Crippen LogP contribution in [0.3, 0.4) is 0 Å². The quantitative estimate of drug-likeness (QED) is 0.844. The van der Waals surface area contributed by atoms with E-state index in [9.17, 15) is 13.2 Å². The number of sulfone groups is 1. The molecule has 1 aliphatic heterocycles. The lowest BCUT2D eigenvalue weighted by Crippen LogP contribution is -2.48. The second-order valence-electron chi connectivity index (χ2n) is 4.63. The van der Waals surface area contributed by atoms with Gasteiger partial charge in [0, 0.05) is 25.6 Å². The van der Waals surface area contributed by atoms with E-state index in [0.29, 0.717) is 12.5 Å². The molecule has 1 fully saturated rings. The van der Waals surface area contributed by atoms with Gasteiger partial charge < -0.3 is 10.6 Å². The third kappa shape index (κ3) is 3.71. The Kier molecular flexibility index (Phi) is 5.98. The zero-order chi connectivity index (χ0) is 13.9. The number of carbonyl (C=O) groups is 1. The van der Waals surface area contributed by atoms with E-state index in [4.69, 9.17) is 0 Å². The standard InChI is InChI=1S/C13H18N2O3S.ClH/c1-2-19(17,18)12-6-4-3-5-11(12)13(16)15-9-10-7-14-8-10;/h3-6,10,14H,2,7-9H2,1H3,(H,15,16);1H. The Morgan fingerprint density at radius 1 is 1.35 bits per heavy atom. The van der Waals surface area contributed by atoms with Gasteiger partial charge in [0.05, 0.1) is 16.2 Å². The second-order valence-corrected chi connectivity index (χ2v) is 6.88. The number of halogens is 1. The van der Waals surface area contributed by atoms with Gasteiger partial charge in [-0.25, -0.2) is 8.42 Å². The minimum Gasteiger partial charge on any atom is -0.352 e. The van der Waals surface area contributed by atoms with Crippen molar-refractivity contribution in [2.24, 2.45) is 5.92 Å². The van der Waals surface area contributed by atoms with Crippen LogP contribution in [0.15, 0.2) is 29.2 Å². The van der Waals surface area contributed by atoms with Gasteiger partial charge >= 0.3 is 0 Å². The maximum atomic E-state index is 12.1. The third-order valence-electron chi connectivity index (χ3n) is 3.26. The lowest BCUT2D eigenvalue weighted by Gasteiger charge is -2.27. The lowest BCUT2D eigenvalue weighted by molar-refractivity contribution is 0.0939. The highest BCUT2D eigenvalue weighted by atomic mass is 35.5. The summed E-state index contributed by atoms with van der Waals surface area (Å²) < 4.78 is 23.9. The molecule has 0 saturated carbocycles. The zero-order valence-corrected chi connectivity index (χ0v) is 12.9. The van der Waals surface area contributed by atoms with E-state index in [0.717, 1.165) is 13.1 Å². The van der Waals surface area contributed by atoms with Crippen LogP contribution in [-0.4, -0.2) is 39.7 Å². The van der Waals surface area contributed by atoms with Gasteiger partial charge in [0.2, 0.25) is 0 Å². The first kappa shape index (κ1) is 16.9. The van der Waals surface area contributed by atoms with E-state index in [1.165, 1.54) is 6.07 Å². The van der Waals surface area contributed by atoms with E-state index < -0.39 is 9.84 Å². The van der Waals surface area contributed by atoms with Crippen LogP contribution in [0, 0.1) is 5.92 Å². The zero-order valence-electron chi connectivity index (χ0n) is 11.3. The van der Waals surface area contributed by atoms with Crippen molar-refractivity contribution in [1.29, 1.82) is 0 Å². The van der Waals surface area contributed by atoms with E-state index in [1.807, 2.05) is 0 Å². The molecule has 1 saturated heterocycles. The number of carbonyl (C=O) groups excluding carboxylic acids is 1. The van der Waals surface area contributed by atoms with Crippen LogP contribution >= 0.6 is 12.4 Å². The molecule has 1 aromatic rings. The van der Waals surface area contributed by atoms with Gasteiger partial charge in [-0.2, -0.15) is 0 Å². The number of nitrogens with one attached hydrogen (secondary N) is 2. The molecule has 2 N–H and O–H groups in total. The summed E-state index contributed by atoms with van der Waals surface area (Å²) in [6.07, 6.45) is 0. The summed E-state index contributed by atoms with van der Waals surface area (Å²) in [4.78, 5) is 12.2. The predicted molar refractivity (Wildman–Crippen MR) is 80.1 cm³/mol. The van der Waals surface area contributed by atoms with Crippen molar-refractivity contribution in [3.8, 4) is 0 Å². The second kappa shape index (κ2) is 7.06. The molecule has 0 bridgehead atoms. The van der Waals surface area contributed by atoms with E-state index >= 15 is 0 Å². The summed E-state index contributed by atoms with van der Waals surface area (Å²) in [5, 5.41) is 5.92. The van der Waals surface area contributed by atoms with Crippen LogP contribution in [-0.2, 0) is 9.84 Å². The highest BCUT2D eigenvalue weighted by Crippen LogP contribution is 2.17. The van der Waals surface area contributed by atoms with Gasteiger partial charge in [-0.05, 0) is 12.1 Å². The lowest BCUT2D eigenvalue weighted by atomic mass is 10.0. The molecular weight excluding hydrogens is 300 g/mol. The van der Waals surface area contributed by atoms with Crippen LogP contribution in [0.2, 0.25) is 0 Å². The van der Waals surface area contributed by atoms with Crippen molar-refractivity contribution in [1.82, 2.24) is 10.6 Å². The number of hydrogen-bond acceptors (Lipinski definition) is 4. The Hall–Kier alpha value is -1.11. The average Bonchev–Trinajstić information content (AvgIpc) is 2.36. The highest BCUT2D eigenvalue weighted by Gasteiger charge is 2.22. The molecule has 1 aliphatic rings. The van der Waals surface area contributed by atoms with Gasteiger partial charge in [-0.3, -0.25) is 4.79 Å². The Morgan fingerprint density at radius 2 is 2.00 bits per heavy atom. The van der Waals surface area contributed by atoms with E-state index in [1.54, 1.807) is 25.1 Å². The van der Waals surface area contributed by atoms with Gasteiger partial charge in [-0.15, -0.1) is 12.4 Å². The Balaban J connectivity index is 0.00000200. The topological polar surface area (TPSA) is 75.3 Å². The van der Waals surface area contributed by atoms with Crippen LogP contribution in [0.25, 0.3) is 0 Å². The number of amides is 1. The summed E-state index contributed by atoms with van der Waals surface area (Å²) in [5.41, 5.74) is 0.233. The number of benzene rings is 1. The number of hydrogen-bond donors (Lipinski definition) is 2. The molecule has 0 unspecified atom stereocenters. The molecule has 112 valence electrons. The average molecular weight is 319 g/mol. The maximum absolute atomic E-state index is 12.1. The highest BCUT2D eigenvalue weighted by molar-refractivity contribution is 7.91.